The molecule has 90 valence electrons. The number of hydrogen-bond acceptors (Lipinski definition) is 3. The maximum absolute atomic E-state index is 11.6. The fourth-order valence-corrected chi connectivity index (χ4v) is 1.83. The van der Waals surface area contributed by atoms with Gasteiger partial charge in [-0.15, -0.1) is 0 Å². The second-order valence-corrected chi connectivity index (χ2v) is 5.41. The first-order chi connectivity index (χ1) is 7.21. The number of amides is 1. The minimum Gasteiger partial charge on any atom is -0.349 e. The summed E-state index contributed by atoms with van der Waals surface area (Å²) in [7, 11) is -2.18. The second-order valence-electron chi connectivity index (χ2n) is 3.85. The van der Waals surface area contributed by atoms with Crippen molar-refractivity contribution in [3.63, 3.8) is 0 Å². The monoisotopic (exact) mass is 245 g/mol. The van der Waals surface area contributed by atoms with E-state index in [0.717, 1.165) is 0 Å². The number of carbonyl (C=O) groups is 1. The lowest BCUT2D eigenvalue weighted by molar-refractivity contribution is 0.0935. The average molecular weight is 245 g/mol. The van der Waals surface area contributed by atoms with Crippen LogP contribution in [0.1, 0.15) is 24.3 Å². The zero-order valence-corrected chi connectivity index (χ0v) is 10.2. The van der Waals surface area contributed by atoms with Crippen molar-refractivity contribution in [2.24, 2.45) is 12.2 Å². The van der Waals surface area contributed by atoms with Crippen LogP contribution >= 0.6 is 0 Å². The van der Waals surface area contributed by atoms with Crippen LogP contribution < -0.4 is 10.5 Å². The van der Waals surface area contributed by atoms with Gasteiger partial charge in [0, 0.05) is 19.3 Å². The highest BCUT2D eigenvalue weighted by molar-refractivity contribution is 7.89. The molecule has 1 aromatic heterocycles. The number of rotatable bonds is 3. The summed E-state index contributed by atoms with van der Waals surface area (Å²) in [5.41, 5.74) is 0.262. The highest BCUT2D eigenvalue weighted by Gasteiger charge is 2.17. The summed E-state index contributed by atoms with van der Waals surface area (Å²) in [6, 6.07) is 1.24. The van der Waals surface area contributed by atoms with Crippen molar-refractivity contribution >= 4 is 15.9 Å². The van der Waals surface area contributed by atoms with E-state index in [0.29, 0.717) is 0 Å². The first-order valence-electron chi connectivity index (χ1n) is 4.72. The number of primary sulfonamides is 1. The number of sulfonamides is 1. The van der Waals surface area contributed by atoms with Crippen molar-refractivity contribution in [1.29, 1.82) is 0 Å². The Kier molecular flexibility index (Phi) is 3.39. The van der Waals surface area contributed by atoms with Crippen LogP contribution in [0.5, 0.6) is 0 Å². The quantitative estimate of drug-likeness (QED) is 0.772. The Morgan fingerprint density at radius 1 is 1.50 bits per heavy atom. The smallest absolute Gasteiger partial charge is 0.268 e. The third kappa shape index (κ3) is 2.83. The van der Waals surface area contributed by atoms with Crippen LogP contribution in [0.4, 0.5) is 0 Å². The van der Waals surface area contributed by atoms with Crippen molar-refractivity contribution in [3.8, 4) is 0 Å². The van der Waals surface area contributed by atoms with Crippen LogP contribution in [0.2, 0.25) is 0 Å². The summed E-state index contributed by atoms with van der Waals surface area (Å²) in [6.07, 6.45) is 1.31. The number of nitrogens with zero attached hydrogens (tertiary/aromatic N) is 1. The van der Waals surface area contributed by atoms with Gasteiger partial charge in [0.25, 0.3) is 5.91 Å². The van der Waals surface area contributed by atoms with Gasteiger partial charge in [0.05, 0.1) is 0 Å². The van der Waals surface area contributed by atoms with E-state index < -0.39 is 10.0 Å². The Hall–Kier alpha value is -1.34. The normalized spacial score (nSPS) is 11.8. The van der Waals surface area contributed by atoms with E-state index in [1.165, 1.54) is 16.8 Å². The fourth-order valence-electron chi connectivity index (χ4n) is 1.25. The number of nitrogens with two attached hydrogens (primary N) is 1. The molecule has 0 atom stereocenters. The minimum absolute atomic E-state index is 0.0136. The summed E-state index contributed by atoms with van der Waals surface area (Å²) < 4.78 is 23.6. The minimum atomic E-state index is -3.77. The van der Waals surface area contributed by atoms with Gasteiger partial charge < -0.3 is 9.88 Å². The Balaban J connectivity index is 3.08. The van der Waals surface area contributed by atoms with Gasteiger partial charge in [-0.05, 0) is 19.9 Å². The molecule has 0 aromatic carbocycles. The molecule has 0 fully saturated rings. The third-order valence-corrected chi connectivity index (χ3v) is 2.84. The summed E-state index contributed by atoms with van der Waals surface area (Å²) in [5.74, 6) is -0.326. The van der Waals surface area contributed by atoms with Crippen molar-refractivity contribution in [3.05, 3.63) is 18.0 Å². The van der Waals surface area contributed by atoms with Gasteiger partial charge in [0.2, 0.25) is 10.0 Å². The van der Waals surface area contributed by atoms with Crippen molar-refractivity contribution in [2.45, 2.75) is 24.8 Å². The van der Waals surface area contributed by atoms with E-state index in [2.05, 4.69) is 5.32 Å². The molecule has 0 spiro atoms. The largest absolute Gasteiger partial charge is 0.349 e. The zero-order valence-electron chi connectivity index (χ0n) is 9.39. The molecule has 0 bridgehead atoms. The molecular formula is C9H15N3O3S. The average Bonchev–Trinajstić information content (AvgIpc) is 2.44. The summed E-state index contributed by atoms with van der Waals surface area (Å²) in [6.45, 7) is 3.64. The molecule has 16 heavy (non-hydrogen) atoms. The molecule has 0 saturated heterocycles. The maximum Gasteiger partial charge on any atom is 0.268 e. The lowest BCUT2D eigenvalue weighted by Crippen LogP contribution is -2.31. The van der Waals surface area contributed by atoms with Gasteiger partial charge in [0.15, 0.2) is 0 Å². The standard InChI is InChI=1S/C9H15N3O3S/c1-6(2)11-9(13)8-4-7(5-12(8)3)16(10,14)15/h4-6H,1-3H3,(H,11,13)(H2,10,14,15). The Labute approximate surface area is 94.5 Å². The predicted octanol–water partition coefficient (Wildman–Crippen LogP) is -0.189. The first-order valence-corrected chi connectivity index (χ1v) is 6.26. The molecular weight excluding hydrogens is 230 g/mol. The molecule has 1 amide bonds. The number of hydrogen-bond donors (Lipinski definition) is 2. The predicted molar refractivity (Wildman–Crippen MR) is 59.4 cm³/mol. The van der Waals surface area contributed by atoms with E-state index in [1.54, 1.807) is 7.05 Å². The van der Waals surface area contributed by atoms with Gasteiger partial charge in [-0.25, -0.2) is 13.6 Å². The SMILES string of the molecule is CC(C)NC(=O)c1cc(S(N)(=O)=O)cn1C. The van der Waals surface area contributed by atoms with E-state index >= 15 is 0 Å². The van der Waals surface area contributed by atoms with E-state index in [4.69, 9.17) is 5.14 Å². The molecule has 1 heterocycles. The van der Waals surface area contributed by atoms with Crippen molar-refractivity contribution in [1.82, 2.24) is 9.88 Å². The lowest BCUT2D eigenvalue weighted by atomic mass is 10.3. The maximum atomic E-state index is 11.6. The topological polar surface area (TPSA) is 94.2 Å². The fraction of sp³-hybridized carbons (Fsp3) is 0.444. The molecule has 1 rings (SSSR count). The number of carbonyl (C=O) groups excluding carboxylic acids is 1. The molecule has 0 saturated carbocycles. The molecule has 0 aliphatic carbocycles. The number of aromatic nitrogens is 1. The molecule has 1 aromatic rings. The first kappa shape index (κ1) is 12.7. The lowest BCUT2D eigenvalue weighted by Gasteiger charge is -2.08. The Bertz CT molecular complexity index is 502. The zero-order chi connectivity index (χ0) is 12.5. The second kappa shape index (κ2) is 4.26. The molecule has 0 aliphatic rings. The van der Waals surface area contributed by atoms with Gasteiger partial charge in [-0.1, -0.05) is 0 Å². The summed E-state index contributed by atoms with van der Waals surface area (Å²) in [4.78, 5) is 11.6. The highest BCUT2D eigenvalue weighted by Crippen LogP contribution is 2.11. The number of nitrogens with one attached hydrogen (secondary N) is 1. The van der Waals surface area contributed by atoms with Crippen LogP contribution in [0.3, 0.4) is 0 Å². The van der Waals surface area contributed by atoms with Crippen molar-refractivity contribution in [2.75, 3.05) is 0 Å². The molecule has 7 heteroatoms. The van der Waals surface area contributed by atoms with Crippen LogP contribution in [0.15, 0.2) is 17.2 Å². The summed E-state index contributed by atoms with van der Waals surface area (Å²) in [5, 5.41) is 7.64. The molecule has 3 N–H and O–H groups in total. The van der Waals surface area contributed by atoms with E-state index in [9.17, 15) is 13.2 Å². The van der Waals surface area contributed by atoms with Crippen LogP contribution in [-0.4, -0.2) is 24.9 Å². The van der Waals surface area contributed by atoms with Gasteiger partial charge >= 0.3 is 0 Å². The van der Waals surface area contributed by atoms with Crippen LogP contribution in [0.25, 0.3) is 0 Å². The highest BCUT2D eigenvalue weighted by atomic mass is 32.2. The Morgan fingerprint density at radius 3 is 2.44 bits per heavy atom. The molecule has 0 aliphatic heterocycles. The molecule has 6 nitrogen and oxygen atoms in total. The van der Waals surface area contributed by atoms with E-state index in [-0.39, 0.29) is 22.5 Å². The van der Waals surface area contributed by atoms with E-state index in [1.807, 2.05) is 13.8 Å². The van der Waals surface area contributed by atoms with Crippen molar-refractivity contribution < 1.29 is 13.2 Å². The third-order valence-electron chi connectivity index (χ3n) is 1.96. The van der Waals surface area contributed by atoms with Gasteiger partial charge in [-0.3, -0.25) is 4.79 Å². The summed E-state index contributed by atoms with van der Waals surface area (Å²) >= 11 is 0. The molecule has 0 unspecified atom stereocenters. The van der Waals surface area contributed by atoms with Crippen LogP contribution in [0, 0.1) is 0 Å². The van der Waals surface area contributed by atoms with Gasteiger partial charge in [0.1, 0.15) is 10.6 Å². The van der Waals surface area contributed by atoms with Gasteiger partial charge in [-0.2, -0.15) is 0 Å². The number of aryl methyl sites for hydroxylation is 1. The Morgan fingerprint density at radius 2 is 2.06 bits per heavy atom. The van der Waals surface area contributed by atoms with Crippen LogP contribution in [-0.2, 0) is 17.1 Å². The molecule has 0 radical (unpaired) electrons.